The van der Waals surface area contributed by atoms with Crippen LogP contribution in [0.3, 0.4) is 0 Å². The molecular weight excluding hydrogens is 266 g/mol. The van der Waals surface area contributed by atoms with Gasteiger partial charge in [-0.1, -0.05) is 29.9 Å². The molecule has 0 saturated carbocycles. The van der Waals surface area contributed by atoms with Crippen LogP contribution in [0.1, 0.15) is 31.7 Å². The Hall–Kier alpha value is -1.13. The SMILES string of the molecule is Cc1cccc2sc(NC(C)CN3CCCCC3)nc12. The fraction of sp³-hybridized carbons (Fsp3) is 0.562. The summed E-state index contributed by atoms with van der Waals surface area (Å²) in [4.78, 5) is 7.30. The standard InChI is InChI=1S/C16H23N3S/c1-12-7-6-8-14-15(12)18-16(20-14)17-13(2)11-19-9-4-3-5-10-19/h6-8,13H,3-5,9-11H2,1-2H3,(H,17,18). The van der Waals surface area contributed by atoms with Gasteiger partial charge in [0, 0.05) is 12.6 Å². The van der Waals surface area contributed by atoms with Crippen LogP contribution < -0.4 is 5.32 Å². The van der Waals surface area contributed by atoms with E-state index in [1.165, 1.54) is 42.6 Å². The normalized spacial score (nSPS) is 18.3. The lowest BCUT2D eigenvalue weighted by Crippen LogP contribution is -2.38. The molecule has 0 radical (unpaired) electrons. The first kappa shape index (κ1) is 13.8. The largest absolute Gasteiger partial charge is 0.358 e. The highest BCUT2D eigenvalue weighted by atomic mass is 32.1. The van der Waals surface area contributed by atoms with Crippen LogP contribution in [0.2, 0.25) is 0 Å². The third kappa shape index (κ3) is 3.13. The fourth-order valence-electron chi connectivity index (χ4n) is 2.93. The number of aryl methyl sites for hydroxylation is 1. The molecule has 1 atom stereocenters. The van der Waals surface area contributed by atoms with Crippen molar-refractivity contribution in [3.8, 4) is 0 Å². The Morgan fingerprint density at radius 2 is 2.10 bits per heavy atom. The van der Waals surface area contributed by atoms with Crippen LogP contribution in [0.25, 0.3) is 10.2 Å². The highest BCUT2D eigenvalue weighted by Crippen LogP contribution is 2.28. The molecule has 1 aromatic carbocycles. The molecule has 108 valence electrons. The van der Waals surface area contributed by atoms with Gasteiger partial charge in [0.15, 0.2) is 5.13 Å². The summed E-state index contributed by atoms with van der Waals surface area (Å²) in [6.45, 7) is 8.02. The number of nitrogens with one attached hydrogen (secondary N) is 1. The van der Waals surface area contributed by atoms with Crippen LogP contribution in [0.5, 0.6) is 0 Å². The van der Waals surface area contributed by atoms with Gasteiger partial charge in [-0.15, -0.1) is 0 Å². The maximum atomic E-state index is 4.73. The Morgan fingerprint density at radius 1 is 1.30 bits per heavy atom. The molecule has 2 heterocycles. The predicted octanol–water partition coefficient (Wildman–Crippen LogP) is 3.89. The molecule has 1 aliphatic heterocycles. The molecule has 20 heavy (non-hydrogen) atoms. The van der Waals surface area contributed by atoms with Gasteiger partial charge >= 0.3 is 0 Å². The summed E-state index contributed by atoms with van der Waals surface area (Å²) >= 11 is 1.76. The Balaban J connectivity index is 1.64. The lowest BCUT2D eigenvalue weighted by Gasteiger charge is -2.29. The number of aromatic nitrogens is 1. The van der Waals surface area contributed by atoms with E-state index in [0.29, 0.717) is 6.04 Å². The zero-order chi connectivity index (χ0) is 13.9. The second-order valence-corrected chi connectivity index (χ2v) is 6.88. The maximum Gasteiger partial charge on any atom is 0.184 e. The number of anilines is 1. The van der Waals surface area contributed by atoms with E-state index in [9.17, 15) is 0 Å². The van der Waals surface area contributed by atoms with Crippen LogP contribution in [-0.2, 0) is 0 Å². The molecule has 0 bridgehead atoms. The number of fused-ring (bicyclic) bond motifs is 1. The Kier molecular flexibility index (Phi) is 4.22. The second-order valence-electron chi connectivity index (χ2n) is 5.85. The number of benzene rings is 1. The van der Waals surface area contributed by atoms with Gasteiger partial charge in [-0.2, -0.15) is 0 Å². The maximum absolute atomic E-state index is 4.73. The molecule has 3 rings (SSSR count). The lowest BCUT2D eigenvalue weighted by atomic mass is 10.1. The summed E-state index contributed by atoms with van der Waals surface area (Å²) in [5, 5.41) is 4.63. The van der Waals surface area contributed by atoms with Crippen molar-refractivity contribution >= 4 is 26.7 Å². The van der Waals surface area contributed by atoms with Crippen molar-refractivity contribution < 1.29 is 0 Å². The average Bonchev–Trinajstić information content (AvgIpc) is 2.83. The van der Waals surface area contributed by atoms with E-state index in [1.807, 2.05) is 0 Å². The monoisotopic (exact) mass is 289 g/mol. The third-order valence-corrected chi connectivity index (χ3v) is 4.92. The Labute approximate surface area is 125 Å². The van der Waals surface area contributed by atoms with Crippen molar-refractivity contribution in [2.45, 2.75) is 39.2 Å². The van der Waals surface area contributed by atoms with Gasteiger partial charge in [0.05, 0.1) is 10.2 Å². The van der Waals surface area contributed by atoms with E-state index in [0.717, 1.165) is 17.2 Å². The summed E-state index contributed by atoms with van der Waals surface area (Å²) in [5.74, 6) is 0. The van der Waals surface area contributed by atoms with Crippen molar-refractivity contribution in [2.75, 3.05) is 25.0 Å². The smallest absolute Gasteiger partial charge is 0.184 e. The minimum atomic E-state index is 0.453. The molecule has 1 aliphatic rings. The first-order chi connectivity index (χ1) is 9.72. The van der Waals surface area contributed by atoms with E-state index in [2.05, 4.69) is 42.3 Å². The number of likely N-dealkylation sites (tertiary alicyclic amines) is 1. The zero-order valence-electron chi connectivity index (χ0n) is 12.4. The van der Waals surface area contributed by atoms with Crippen molar-refractivity contribution in [1.29, 1.82) is 0 Å². The molecule has 1 fully saturated rings. The highest BCUT2D eigenvalue weighted by Gasteiger charge is 2.14. The lowest BCUT2D eigenvalue weighted by molar-refractivity contribution is 0.223. The summed E-state index contributed by atoms with van der Waals surface area (Å²) in [6.07, 6.45) is 4.11. The Bertz CT molecular complexity index is 572. The zero-order valence-corrected chi connectivity index (χ0v) is 13.2. The summed E-state index contributed by atoms with van der Waals surface area (Å²) in [6, 6.07) is 6.84. The Morgan fingerprint density at radius 3 is 2.85 bits per heavy atom. The molecule has 0 aliphatic carbocycles. The van der Waals surface area contributed by atoms with Gasteiger partial charge < -0.3 is 10.2 Å². The molecule has 1 N–H and O–H groups in total. The molecular formula is C16H23N3S. The van der Waals surface area contributed by atoms with E-state index >= 15 is 0 Å². The third-order valence-electron chi connectivity index (χ3n) is 3.97. The van der Waals surface area contributed by atoms with Gasteiger partial charge in [-0.25, -0.2) is 4.98 Å². The minimum Gasteiger partial charge on any atom is -0.358 e. The minimum absolute atomic E-state index is 0.453. The molecule has 0 spiro atoms. The van der Waals surface area contributed by atoms with Crippen molar-refractivity contribution in [2.24, 2.45) is 0 Å². The molecule has 1 unspecified atom stereocenters. The van der Waals surface area contributed by atoms with Crippen LogP contribution >= 0.6 is 11.3 Å². The molecule has 4 heteroatoms. The van der Waals surface area contributed by atoms with Crippen LogP contribution in [0.4, 0.5) is 5.13 Å². The molecule has 3 nitrogen and oxygen atoms in total. The van der Waals surface area contributed by atoms with Gasteiger partial charge in [-0.05, 0) is 51.4 Å². The number of rotatable bonds is 4. The van der Waals surface area contributed by atoms with Crippen molar-refractivity contribution in [3.05, 3.63) is 23.8 Å². The van der Waals surface area contributed by atoms with Gasteiger partial charge in [0.2, 0.25) is 0 Å². The van der Waals surface area contributed by atoms with E-state index < -0.39 is 0 Å². The summed E-state index contributed by atoms with van der Waals surface area (Å²) in [5.41, 5.74) is 2.40. The predicted molar refractivity (Wildman–Crippen MR) is 87.7 cm³/mol. The van der Waals surface area contributed by atoms with E-state index in [1.54, 1.807) is 11.3 Å². The first-order valence-electron chi connectivity index (χ1n) is 7.57. The number of piperidine rings is 1. The summed E-state index contributed by atoms with van der Waals surface area (Å²) < 4.78 is 1.28. The number of nitrogens with zero attached hydrogens (tertiary/aromatic N) is 2. The fourth-order valence-corrected chi connectivity index (χ4v) is 3.99. The van der Waals surface area contributed by atoms with Gasteiger partial charge in [0.1, 0.15) is 0 Å². The molecule has 1 aromatic heterocycles. The topological polar surface area (TPSA) is 28.2 Å². The number of hydrogen-bond acceptors (Lipinski definition) is 4. The average molecular weight is 289 g/mol. The van der Waals surface area contributed by atoms with Crippen molar-refractivity contribution in [1.82, 2.24) is 9.88 Å². The number of hydrogen-bond donors (Lipinski definition) is 1. The number of thiazole rings is 1. The van der Waals surface area contributed by atoms with Crippen LogP contribution in [0, 0.1) is 6.92 Å². The number of para-hydroxylation sites is 1. The van der Waals surface area contributed by atoms with Crippen molar-refractivity contribution in [3.63, 3.8) is 0 Å². The van der Waals surface area contributed by atoms with Crippen LogP contribution in [0.15, 0.2) is 18.2 Å². The summed E-state index contributed by atoms with van der Waals surface area (Å²) in [7, 11) is 0. The van der Waals surface area contributed by atoms with Crippen LogP contribution in [-0.4, -0.2) is 35.6 Å². The molecule has 0 amide bonds. The van der Waals surface area contributed by atoms with Gasteiger partial charge in [0.25, 0.3) is 0 Å². The molecule has 2 aromatic rings. The second kappa shape index (κ2) is 6.10. The van der Waals surface area contributed by atoms with E-state index in [-0.39, 0.29) is 0 Å². The molecule has 1 saturated heterocycles. The quantitative estimate of drug-likeness (QED) is 0.925. The highest BCUT2D eigenvalue weighted by molar-refractivity contribution is 7.22. The van der Waals surface area contributed by atoms with E-state index in [4.69, 9.17) is 4.98 Å². The van der Waals surface area contributed by atoms with Gasteiger partial charge in [-0.3, -0.25) is 0 Å². The first-order valence-corrected chi connectivity index (χ1v) is 8.39.